The molecule has 0 saturated carbocycles. The number of sulfonamides is 1. The van der Waals surface area contributed by atoms with Crippen LogP contribution in [0.1, 0.15) is 41.1 Å². The van der Waals surface area contributed by atoms with Crippen LogP contribution < -0.4 is 5.32 Å². The van der Waals surface area contributed by atoms with Crippen LogP contribution in [0.25, 0.3) is 0 Å². The lowest BCUT2D eigenvalue weighted by Gasteiger charge is -2.31. The largest absolute Gasteiger partial charge is 0.336 e. The van der Waals surface area contributed by atoms with Crippen LogP contribution in [-0.4, -0.2) is 31.7 Å². The van der Waals surface area contributed by atoms with Crippen molar-refractivity contribution < 1.29 is 17.6 Å². The van der Waals surface area contributed by atoms with E-state index in [4.69, 9.17) is 0 Å². The molecule has 0 radical (unpaired) electrons. The molecule has 8 heteroatoms. The molecule has 6 nitrogen and oxygen atoms in total. The number of aryl methyl sites for hydroxylation is 3. The van der Waals surface area contributed by atoms with Gasteiger partial charge >= 0.3 is 0 Å². The van der Waals surface area contributed by atoms with Crippen molar-refractivity contribution >= 4 is 15.9 Å². The first-order valence-corrected chi connectivity index (χ1v) is 11.6. The van der Waals surface area contributed by atoms with E-state index in [1.807, 2.05) is 25.1 Å². The van der Waals surface area contributed by atoms with Gasteiger partial charge in [0.2, 0.25) is 15.9 Å². The Labute approximate surface area is 182 Å². The second-order valence-corrected chi connectivity index (χ2v) is 9.87. The molecule has 1 N–H and O–H groups in total. The minimum atomic E-state index is -3.67. The van der Waals surface area contributed by atoms with Crippen molar-refractivity contribution in [3.05, 3.63) is 64.5 Å². The van der Waals surface area contributed by atoms with Crippen LogP contribution in [0.5, 0.6) is 0 Å². The molecule has 0 bridgehead atoms. The van der Waals surface area contributed by atoms with Crippen LogP contribution in [0.15, 0.2) is 41.3 Å². The molecule has 31 heavy (non-hydrogen) atoms. The molecule has 0 spiro atoms. The van der Waals surface area contributed by atoms with Crippen molar-refractivity contribution in [2.45, 2.75) is 44.6 Å². The molecule has 0 aromatic heterocycles. The summed E-state index contributed by atoms with van der Waals surface area (Å²) in [6, 6.07) is 10.4. The zero-order valence-electron chi connectivity index (χ0n) is 17.9. The summed E-state index contributed by atoms with van der Waals surface area (Å²) in [6.45, 7) is 5.93. The fourth-order valence-corrected chi connectivity index (χ4v) is 6.09. The minimum absolute atomic E-state index is 0.115. The van der Waals surface area contributed by atoms with Gasteiger partial charge in [0, 0.05) is 24.6 Å². The first kappa shape index (κ1) is 22.9. The lowest BCUT2D eigenvalue weighted by molar-refractivity contribution is -0.126. The van der Waals surface area contributed by atoms with Gasteiger partial charge in [-0.15, -0.1) is 0 Å². The molecule has 2 aromatic carbocycles. The van der Waals surface area contributed by atoms with Crippen LogP contribution >= 0.6 is 0 Å². The van der Waals surface area contributed by atoms with Gasteiger partial charge in [-0.25, -0.2) is 12.8 Å². The summed E-state index contributed by atoms with van der Waals surface area (Å²) in [5.74, 6) is -1.36. The summed E-state index contributed by atoms with van der Waals surface area (Å²) in [5.41, 5.74) is 2.54. The Morgan fingerprint density at radius 3 is 2.29 bits per heavy atom. The number of piperidine rings is 1. The van der Waals surface area contributed by atoms with Crippen LogP contribution in [0.4, 0.5) is 4.39 Å². The molecular weight excluding hydrogens is 417 g/mol. The molecule has 1 unspecified atom stereocenters. The second-order valence-electron chi connectivity index (χ2n) is 8.00. The molecule has 1 fully saturated rings. The van der Waals surface area contributed by atoms with Crippen molar-refractivity contribution in [2.24, 2.45) is 5.92 Å². The number of rotatable bonds is 5. The van der Waals surface area contributed by atoms with Crippen molar-refractivity contribution in [3.63, 3.8) is 0 Å². The van der Waals surface area contributed by atoms with Crippen molar-refractivity contribution in [2.75, 3.05) is 13.1 Å². The van der Waals surface area contributed by atoms with Gasteiger partial charge in [0.15, 0.2) is 0 Å². The average molecular weight is 444 g/mol. The number of hydrogen-bond acceptors (Lipinski definition) is 4. The predicted octanol–water partition coefficient (Wildman–Crippen LogP) is 3.53. The number of nitriles is 1. The lowest BCUT2D eigenvalue weighted by atomic mass is 9.96. The van der Waals surface area contributed by atoms with Gasteiger partial charge in [-0.05, 0) is 50.8 Å². The molecule has 1 aliphatic rings. The Morgan fingerprint density at radius 2 is 1.74 bits per heavy atom. The third-order valence-corrected chi connectivity index (χ3v) is 7.86. The van der Waals surface area contributed by atoms with Gasteiger partial charge in [0.25, 0.3) is 0 Å². The maximum absolute atomic E-state index is 14.0. The summed E-state index contributed by atoms with van der Waals surface area (Å²) >= 11 is 0. The topological polar surface area (TPSA) is 90.3 Å². The minimum Gasteiger partial charge on any atom is -0.336 e. The van der Waals surface area contributed by atoms with E-state index >= 15 is 0 Å². The average Bonchev–Trinajstić information content (AvgIpc) is 2.71. The highest BCUT2D eigenvalue weighted by atomic mass is 32.2. The second kappa shape index (κ2) is 9.16. The van der Waals surface area contributed by atoms with Gasteiger partial charge in [0.05, 0.1) is 11.0 Å². The van der Waals surface area contributed by atoms with Gasteiger partial charge in [-0.1, -0.05) is 35.9 Å². The van der Waals surface area contributed by atoms with E-state index in [2.05, 4.69) is 5.32 Å². The first-order chi connectivity index (χ1) is 14.6. The van der Waals surface area contributed by atoms with E-state index in [0.29, 0.717) is 28.9 Å². The molecule has 1 heterocycles. The smallest absolute Gasteiger partial charge is 0.243 e. The Morgan fingerprint density at radius 1 is 1.16 bits per heavy atom. The molecule has 1 amide bonds. The van der Waals surface area contributed by atoms with Crippen molar-refractivity contribution in [1.82, 2.24) is 9.62 Å². The summed E-state index contributed by atoms with van der Waals surface area (Å²) in [7, 11) is -3.67. The number of nitrogens with one attached hydrogen (secondary N) is 1. The zero-order chi connectivity index (χ0) is 22.8. The Balaban J connectivity index is 1.68. The quantitative estimate of drug-likeness (QED) is 0.765. The Kier molecular flexibility index (Phi) is 6.77. The number of amides is 1. The first-order valence-electron chi connectivity index (χ1n) is 10.2. The van der Waals surface area contributed by atoms with Crippen LogP contribution in [0.3, 0.4) is 0 Å². The van der Waals surface area contributed by atoms with Crippen LogP contribution in [0, 0.1) is 43.8 Å². The van der Waals surface area contributed by atoms with E-state index in [-0.39, 0.29) is 24.6 Å². The number of hydrogen-bond donors (Lipinski definition) is 1. The third kappa shape index (κ3) is 4.78. The van der Waals surface area contributed by atoms with E-state index in [1.54, 1.807) is 19.9 Å². The van der Waals surface area contributed by atoms with Crippen LogP contribution in [0.2, 0.25) is 0 Å². The standard InChI is InChI=1S/C23H26FN3O3S/c1-15-12-16(2)22(17(3)13-15)31(29,30)27-10-8-18(9-11-27)23(28)26-21(14-25)19-6-4-5-7-20(19)24/h4-7,12-13,18,21H,8-11H2,1-3H3,(H,26,28). The highest BCUT2D eigenvalue weighted by molar-refractivity contribution is 7.89. The molecule has 2 aromatic rings. The third-order valence-electron chi connectivity index (χ3n) is 5.66. The molecule has 1 atom stereocenters. The monoisotopic (exact) mass is 443 g/mol. The van der Waals surface area contributed by atoms with Crippen molar-refractivity contribution in [1.29, 1.82) is 5.26 Å². The summed E-state index contributed by atoms with van der Waals surface area (Å²) in [5, 5.41) is 12.0. The predicted molar refractivity (Wildman–Crippen MR) is 115 cm³/mol. The Bertz CT molecular complexity index is 1110. The fraction of sp³-hybridized carbons (Fsp3) is 0.391. The lowest BCUT2D eigenvalue weighted by Crippen LogP contribution is -2.43. The van der Waals surface area contributed by atoms with E-state index in [0.717, 1.165) is 5.56 Å². The van der Waals surface area contributed by atoms with E-state index in [9.17, 15) is 22.9 Å². The maximum Gasteiger partial charge on any atom is 0.243 e. The summed E-state index contributed by atoms with van der Waals surface area (Å²) < 4.78 is 41.8. The molecule has 0 aliphatic carbocycles. The molecule has 3 rings (SSSR count). The van der Waals surface area contributed by atoms with Crippen LogP contribution in [-0.2, 0) is 14.8 Å². The highest BCUT2D eigenvalue weighted by Crippen LogP contribution is 2.29. The molecule has 164 valence electrons. The SMILES string of the molecule is Cc1cc(C)c(S(=O)(=O)N2CCC(C(=O)NC(C#N)c3ccccc3F)CC2)c(C)c1. The zero-order valence-corrected chi connectivity index (χ0v) is 18.7. The summed E-state index contributed by atoms with van der Waals surface area (Å²) in [6.07, 6.45) is 0.675. The van der Waals surface area contributed by atoms with E-state index in [1.165, 1.54) is 22.5 Å². The number of halogens is 1. The van der Waals surface area contributed by atoms with E-state index < -0.39 is 27.8 Å². The highest BCUT2D eigenvalue weighted by Gasteiger charge is 2.34. The normalized spacial score (nSPS) is 16.5. The fourth-order valence-electron chi connectivity index (χ4n) is 4.21. The van der Waals surface area contributed by atoms with Gasteiger partial charge < -0.3 is 5.32 Å². The Hall–Kier alpha value is -2.76. The molecule has 1 saturated heterocycles. The number of carbonyl (C=O) groups is 1. The summed E-state index contributed by atoms with van der Waals surface area (Å²) in [4.78, 5) is 13.0. The number of carbonyl (C=O) groups excluding carboxylic acids is 1. The van der Waals surface area contributed by atoms with Crippen molar-refractivity contribution in [3.8, 4) is 6.07 Å². The molecular formula is C23H26FN3O3S. The van der Waals surface area contributed by atoms with Gasteiger partial charge in [-0.2, -0.15) is 9.57 Å². The number of benzene rings is 2. The van der Waals surface area contributed by atoms with Gasteiger partial charge in [0.1, 0.15) is 11.9 Å². The number of nitrogens with zero attached hydrogens (tertiary/aromatic N) is 2. The van der Waals surface area contributed by atoms with Gasteiger partial charge in [-0.3, -0.25) is 4.79 Å². The maximum atomic E-state index is 14.0. The molecule has 1 aliphatic heterocycles.